The van der Waals surface area contributed by atoms with Crippen LogP contribution in [0.5, 0.6) is 0 Å². The predicted molar refractivity (Wildman–Crippen MR) is 58.6 cm³/mol. The molecule has 1 rings (SSSR count). The van der Waals surface area contributed by atoms with Gasteiger partial charge in [-0.15, -0.1) is 0 Å². The molecule has 6 nitrogen and oxygen atoms in total. The number of amides is 2. The summed E-state index contributed by atoms with van der Waals surface area (Å²) in [5.41, 5.74) is 5.47. The molecule has 80 valence electrons. The Morgan fingerprint density at radius 2 is 2.27 bits per heavy atom. The van der Waals surface area contributed by atoms with Crippen LogP contribution in [-0.4, -0.2) is 36.0 Å². The Kier molecular flexibility index (Phi) is 3.61. The van der Waals surface area contributed by atoms with E-state index in [1.807, 2.05) is 0 Å². The van der Waals surface area contributed by atoms with Crippen molar-refractivity contribution in [1.29, 1.82) is 0 Å². The first kappa shape index (κ1) is 11.0. The third kappa shape index (κ3) is 3.63. The summed E-state index contributed by atoms with van der Waals surface area (Å²) >= 11 is 0. The largest absolute Gasteiger partial charge is 0.369 e. The topological polar surface area (TPSA) is 83.6 Å². The van der Waals surface area contributed by atoms with Crippen LogP contribution in [0.3, 0.4) is 0 Å². The number of nitrogens with two attached hydrogens (primary N) is 1. The highest BCUT2D eigenvalue weighted by molar-refractivity contribution is 5.97. The second-order valence-electron chi connectivity index (χ2n) is 3.01. The van der Waals surface area contributed by atoms with Crippen molar-refractivity contribution in [2.45, 2.75) is 0 Å². The number of guanidine groups is 1. The zero-order valence-corrected chi connectivity index (χ0v) is 8.64. The van der Waals surface area contributed by atoms with Crippen LogP contribution in [0.4, 0.5) is 10.6 Å². The van der Waals surface area contributed by atoms with Crippen LogP contribution in [0, 0.1) is 0 Å². The second-order valence-corrected chi connectivity index (χ2v) is 3.01. The maximum absolute atomic E-state index is 11.3. The van der Waals surface area contributed by atoms with Crippen molar-refractivity contribution >= 4 is 17.8 Å². The molecule has 1 aromatic rings. The fourth-order valence-electron chi connectivity index (χ4n) is 0.778. The number of hydrogen-bond donors (Lipinski definition) is 2. The van der Waals surface area contributed by atoms with Crippen LogP contribution in [-0.2, 0) is 0 Å². The minimum Gasteiger partial charge on any atom is -0.369 e. The van der Waals surface area contributed by atoms with Crippen LogP contribution in [0.1, 0.15) is 0 Å². The lowest BCUT2D eigenvalue weighted by atomic mass is 10.5. The van der Waals surface area contributed by atoms with Gasteiger partial charge in [0.1, 0.15) is 5.82 Å². The van der Waals surface area contributed by atoms with Crippen molar-refractivity contribution in [3.8, 4) is 0 Å². The van der Waals surface area contributed by atoms with Gasteiger partial charge in [0.15, 0.2) is 5.96 Å². The number of carbonyl (C=O) groups excluding carboxylic acids is 1. The van der Waals surface area contributed by atoms with E-state index in [0.717, 1.165) is 0 Å². The molecule has 0 aromatic carbocycles. The first-order valence-electron chi connectivity index (χ1n) is 4.33. The van der Waals surface area contributed by atoms with E-state index in [4.69, 9.17) is 5.73 Å². The monoisotopic (exact) mass is 207 g/mol. The first-order valence-corrected chi connectivity index (χ1v) is 4.33. The van der Waals surface area contributed by atoms with Crippen molar-refractivity contribution in [2.75, 3.05) is 19.4 Å². The van der Waals surface area contributed by atoms with Gasteiger partial charge in [-0.3, -0.25) is 5.32 Å². The molecule has 1 aromatic heterocycles. The molecule has 0 atom stereocenters. The molecular formula is C9H13N5O. The van der Waals surface area contributed by atoms with Crippen LogP contribution < -0.4 is 11.1 Å². The second kappa shape index (κ2) is 4.94. The lowest BCUT2D eigenvalue weighted by molar-refractivity contribution is 0.259. The standard InChI is InChI=1S/C9H13N5O/c1-14(2)8(10)13-9(15)12-7-5-3-4-6-11-7/h3-6H,1-2H3,(H3,10,11,12,13,15). The number of aromatic nitrogens is 1. The fraction of sp³-hybridized carbons (Fsp3) is 0.222. The van der Waals surface area contributed by atoms with Gasteiger partial charge in [-0.2, -0.15) is 4.99 Å². The highest BCUT2D eigenvalue weighted by atomic mass is 16.2. The number of aliphatic imine (C=N–C) groups is 1. The molecule has 15 heavy (non-hydrogen) atoms. The average Bonchev–Trinajstić information content (AvgIpc) is 2.18. The number of nitrogens with one attached hydrogen (secondary N) is 1. The van der Waals surface area contributed by atoms with Gasteiger partial charge < -0.3 is 10.6 Å². The lowest BCUT2D eigenvalue weighted by Crippen LogP contribution is -2.31. The third-order valence-electron chi connectivity index (χ3n) is 1.57. The molecule has 0 radical (unpaired) electrons. The van der Waals surface area contributed by atoms with Crippen molar-refractivity contribution in [3.63, 3.8) is 0 Å². The average molecular weight is 207 g/mol. The molecule has 0 spiro atoms. The van der Waals surface area contributed by atoms with Gasteiger partial charge in [-0.05, 0) is 12.1 Å². The Balaban J connectivity index is 2.61. The smallest absolute Gasteiger partial charge is 0.349 e. The van der Waals surface area contributed by atoms with Gasteiger partial charge in [0.05, 0.1) is 0 Å². The normalized spacial score (nSPS) is 10.9. The molecule has 0 aliphatic carbocycles. The van der Waals surface area contributed by atoms with Crippen molar-refractivity contribution in [1.82, 2.24) is 9.88 Å². The third-order valence-corrected chi connectivity index (χ3v) is 1.57. The fourth-order valence-corrected chi connectivity index (χ4v) is 0.778. The number of carbonyl (C=O) groups is 1. The summed E-state index contributed by atoms with van der Waals surface area (Å²) in [6, 6.07) is 4.65. The van der Waals surface area contributed by atoms with E-state index < -0.39 is 6.03 Å². The molecule has 0 saturated carbocycles. The Hall–Kier alpha value is -2.11. The summed E-state index contributed by atoms with van der Waals surface area (Å²) < 4.78 is 0. The minimum atomic E-state index is -0.542. The predicted octanol–water partition coefficient (Wildman–Crippen LogP) is 0.490. The molecule has 0 aliphatic heterocycles. The maximum atomic E-state index is 11.3. The summed E-state index contributed by atoms with van der Waals surface area (Å²) in [6.45, 7) is 0. The van der Waals surface area contributed by atoms with E-state index in [0.29, 0.717) is 5.82 Å². The molecule has 0 unspecified atom stereocenters. The number of rotatable bonds is 1. The van der Waals surface area contributed by atoms with Gasteiger partial charge >= 0.3 is 6.03 Å². The zero-order valence-electron chi connectivity index (χ0n) is 8.64. The molecule has 0 aliphatic rings. The summed E-state index contributed by atoms with van der Waals surface area (Å²) in [5.74, 6) is 0.584. The Bertz CT molecular complexity index is 360. The molecule has 6 heteroatoms. The van der Waals surface area contributed by atoms with E-state index >= 15 is 0 Å². The van der Waals surface area contributed by atoms with Gasteiger partial charge in [0.2, 0.25) is 0 Å². The Morgan fingerprint density at radius 1 is 1.53 bits per heavy atom. The minimum absolute atomic E-state index is 0.142. The van der Waals surface area contributed by atoms with Crippen LogP contribution in [0.25, 0.3) is 0 Å². The Morgan fingerprint density at radius 3 is 2.80 bits per heavy atom. The Labute approximate surface area is 87.8 Å². The van der Waals surface area contributed by atoms with Gasteiger partial charge in [0, 0.05) is 20.3 Å². The molecule has 0 saturated heterocycles. The van der Waals surface area contributed by atoms with Crippen molar-refractivity contribution in [3.05, 3.63) is 24.4 Å². The molecule has 0 bridgehead atoms. The number of pyridine rings is 1. The summed E-state index contributed by atoms with van der Waals surface area (Å²) in [6.07, 6.45) is 1.58. The van der Waals surface area contributed by atoms with Crippen LogP contribution in [0.2, 0.25) is 0 Å². The number of hydrogen-bond acceptors (Lipinski definition) is 2. The number of urea groups is 1. The van der Waals surface area contributed by atoms with Crippen LogP contribution >= 0.6 is 0 Å². The van der Waals surface area contributed by atoms with Crippen molar-refractivity contribution in [2.24, 2.45) is 10.7 Å². The molecule has 2 amide bonds. The van der Waals surface area contributed by atoms with Gasteiger partial charge in [-0.1, -0.05) is 6.07 Å². The van der Waals surface area contributed by atoms with Gasteiger partial charge in [0.25, 0.3) is 0 Å². The highest BCUT2D eigenvalue weighted by Crippen LogP contribution is 1.99. The van der Waals surface area contributed by atoms with E-state index in [-0.39, 0.29) is 5.96 Å². The first-order chi connectivity index (χ1) is 7.09. The van der Waals surface area contributed by atoms with E-state index in [1.165, 1.54) is 4.90 Å². The van der Waals surface area contributed by atoms with E-state index in [1.54, 1.807) is 38.5 Å². The zero-order chi connectivity index (χ0) is 11.3. The lowest BCUT2D eigenvalue weighted by Gasteiger charge is -2.09. The molecule has 1 heterocycles. The highest BCUT2D eigenvalue weighted by Gasteiger charge is 2.02. The maximum Gasteiger partial charge on any atom is 0.349 e. The van der Waals surface area contributed by atoms with Gasteiger partial charge in [-0.25, -0.2) is 9.78 Å². The number of anilines is 1. The summed E-state index contributed by atoms with van der Waals surface area (Å²) in [4.78, 5) is 20.3. The SMILES string of the molecule is CN(C)/C(N)=N/C(=O)Nc1ccccn1. The summed E-state index contributed by atoms with van der Waals surface area (Å²) in [7, 11) is 3.40. The number of nitrogens with zero attached hydrogens (tertiary/aromatic N) is 3. The van der Waals surface area contributed by atoms with Crippen molar-refractivity contribution < 1.29 is 4.79 Å². The molecular weight excluding hydrogens is 194 g/mol. The quantitative estimate of drug-likeness (QED) is 0.518. The van der Waals surface area contributed by atoms with E-state index in [9.17, 15) is 4.79 Å². The summed E-state index contributed by atoms with van der Waals surface area (Å²) in [5, 5.41) is 2.48. The van der Waals surface area contributed by atoms with Crippen LogP contribution in [0.15, 0.2) is 29.4 Å². The molecule has 3 N–H and O–H groups in total. The van der Waals surface area contributed by atoms with E-state index in [2.05, 4.69) is 15.3 Å². The molecule has 0 fully saturated rings.